The summed E-state index contributed by atoms with van der Waals surface area (Å²) in [5.41, 5.74) is 2.12. The van der Waals surface area contributed by atoms with Gasteiger partial charge in [-0.2, -0.15) is 9.71 Å². The molecule has 0 spiro atoms. The molecular formula is C31H37N7O5S. The molecule has 0 radical (unpaired) electrons. The highest BCUT2D eigenvalue weighted by atomic mass is 32.2. The minimum absolute atomic E-state index is 0.00196. The predicted octanol–water partition coefficient (Wildman–Crippen LogP) is 3.46. The third kappa shape index (κ3) is 7.91. The monoisotopic (exact) mass is 619 g/mol. The van der Waals surface area contributed by atoms with Crippen LogP contribution in [0.4, 0.5) is 11.6 Å². The maximum atomic E-state index is 13.0. The van der Waals surface area contributed by atoms with Gasteiger partial charge in [-0.15, -0.1) is 0 Å². The molecule has 1 fully saturated rings. The summed E-state index contributed by atoms with van der Waals surface area (Å²) in [6.07, 6.45) is 3.55. The third-order valence-electron chi connectivity index (χ3n) is 7.10. The van der Waals surface area contributed by atoms with E-state index in [9.17, 15) is 18.0 Å². The van der Waals surface area contributed by atoms with E-state index in [1.54, 1.807) is 57.3 Å². The Morgan fingerprint density at radius 2 is 1.73 bits per heavy atom. The Hall–Kier alpha value is -4.49. The molecule has 1 atom stereocenters. The maximum absolute atomic E-state index is 13.0. The number of nitrogens with zero attached hydrogens (tertiary/aromatic N) is 3. The van der Waals surface area contributed by atoms with Gasteiger partial charge in [0.15, 0.2) is 5.65 Å². The summed E-state index contributed by atoms with van der Waals surface area (Å²) < 4.78 is 33.6. The number of esters is 1. The second-order valence-electron chi connectivity index (χ2n) is 11.6. The number of ether oxygens (including phenoxy) is 1. The van der Waals surface area contributed by atoms with Crippen molar-refractivity contribution in [1.29, 1.82) is 0 Å². The quantitative estimate of drug-likeness (QED) is 0.195. The van der Waals surface area contributed by atoms with Gasteiger partial charge < -0.3 is 25.3 Å². The number of H-pyrrole nitrogens is 1. The number of carbonyl (C=O) groups is 2. The Morgan fingerprint density at radius 3 is 2.39 bits per heavy atom. The number of hydrogen-bond acceptors (Lipinski definition) is 9. The molecule has 1 saturated heterocycles. The molecule has 1 amide bonds. The molecule has 3 heterocycles. The molecule has 2 aromatic heterocycles. The first-order valence-electron chi connectivity index (χ1n) is 14.5. The molecule has 12 nitrogen and oxygen atoms in total. The average molecular weight is 620 g/mol. The van der Waals surface area contributed by atoms with Gasteiger partial charge in [-0.05, 0) is 82.1 Å². The van der Waals surface area contributed by atoms with Crippen LogP contribution in [0.1, 0.15) is 44.0 Å². The number of rotatable bonds is 10. The first-order valence-corrected chi connectivity index (χ1v) is 16.0. The zero-order valence-electron chi connectivity index (χ0n) is 24.9. The number of fused-ring (bicyclic) bond motifs is 1. The first-order chi connectivity index (χ1) is 21.0. The molecular weight excluding hydrogens is 582 g/mol. The minimum atomic E-state index is -4.04. The number of nitrogens with one attached hydrogen (secondary N) is 4. The van der Waals surface area contributed by atoms with Crippen LogP contribution in [0, 0.1) is 0 Å². The van der Waals surface area contributed by atoms with E-state index in [1.807, 2.05) is 24.3 Å². The molecule has 5 rings (SSSR count). The maximum Gasteiger partial charge on any atom is 0.326 e. The molecule has 1 aliphatic rings. The Labute approximate surface area is 256 Å². The van der Waals surface area contributed by atoms with E-state index in [1.165, 1.54) is 12.1 Å². The molecule has 0 saturated carbocycles. The SMILES string of the molecule is CC(C)(C)OC(=O)[C@H](CNC(=O)c1ccc(N2CCC(Nc3nc4ncccc4[nH]3)CC2)cc1)NS(=O)(=O)c1ccccc1. The van der Waals surface area contributed by atoms with Gasteiger partial charge in [0.25, 0.3) is 5.91 Å². The van der Waals surface area contributed by atoms with Crippen molar-refractivity contribution in [1.82, 2.24) is 25.0 Å². The number of hydrogen-bond donors (Lipinski definition) is 4. The number of pyridine rings is 1. The Kier molecular flexibility index (Phi) is 9.16. The lowest BCUT2D eigenvalue weighted by molar-refractivity contribution is -0.156. The lowest BCUT2D eigenvalue weighted by Crippen LogP contribution is -2.50. The van der Waals surface area contributed by atoms with Crippen molar-refractivity contribution >= 4 is 44.7 Å². The molecule has 4 N–H and O–H groups in total. The van der Waals surface area contributed by atoms with E-state index >= 15 is 0 Å². The van der Waals surface area contributed by atoms with E-state index < -0.39 is 33.5 Å². The predicted molar refractivity (Wildman–Crippen MR) is 168 cm³/mol. The van der Waals surface area contributed by atoms with Crippen LogP contribution < -0.4 is 20.3 Å². The van der Waals surface area contributed by atoms with Crippen LogP contribution in [-0.4, -0.2) is 72.6 Å². The van der Waals surface area contributed by atoms with Crippen molar-refractivity contribution in [3.8, 4) is 0 Å². The molecule has 44 heavy (non-hydrogen) atoms. The number of anilines is 2. The summed E-state index contributed by atoms with van der Waals surface area (Å²) >= 11 is 0. The van der Waals surface area contributed by atoms with E-state index in [-0.39, 0.29) is 17.5 Å². The highest BCUT2D eigenvalue weighted by molar-refractivity contribution is 7.89. The van der Waals surface area contributed by atoms with Crippen LogP contribution in [0.15, 0.2) is 77.8 Å². The van der Waals surface area contributed by atoms with Crippen LogP contribution in [0.25, 0.3) is 11.2 Å². The fourth-order valence-electron chi connectivity index (χ4n) is 4.91. The van der Waals surface area contributed by atoms with Crippen LogP contribution in [0.2, 0.25) is 0 Å². The van der Waals surface area contributed by atoms with Crippen LogP contribution in [0.3, 0.4) is 0 Å². The van der Waals surface area contributed by atoms with Crippen LogP contribution in [-0.2, 0) is 19.6 Å². The minimum Gasteiger partial charge on any atom is -0.459 e. The number of carbonyl (C=O) groups excluding carboxylic acids is 2. The smallest absolute Gasteiger partial charge is 0.326 e. The standard InChI is InChI=1S/C31H37N7O5S/c1-31(2,3)43-29(40)26(37-44(41,42)24-8-5-4-6-9-24)20-33-28(39)21-11-13-23(14-12-21)38-18-15-22(16-19-38)34-30-35-25-10-7-17-32-27(25)36-30/h4-14,17,22,26,37H,15-16,18-20H2,1-3H3,(H,33,39)(H2,32,34,35,36)/t26-/m0/s1. The normalized spacial score (nSPS) is 15.1. The highest BCUT2D eigenvalue weighted by Gasteiger charge is 2.30. The second kappa shape index (κ2) is 13.0. The number of benzene rings is 2. The Bertz CT molecular complexity index is 1660. The van der Waals surface area contributed by atoms with E-state index in [0.717, 1.165) is 37.1 Å². The highest BCUT2D eigenvalue weighted by Crippen LogP contribution is 2.23. The second-order valence-corrected chi connectivity index (χ2v) is 13.4. The van der Waals surface area contributed by atoms with Crippen molar-refractivity contribution in [3.63, 3.8) is 0 Å². The summed E-state index contributed by atoms with van der Waals surface area (Å²) in [7, 11) is -4.04. The Morgan fingerprint density at radius 1 is 1.02 bits per heavy atom. The van der Waals surface area contributed by atoms with Gasteiger partial charge >= 0.3 is 5.97 Å². The summed E-state index contributed by atoms with van der Waals surface area (Å²) in [5.74, 6) is -0.510. The largest absolute Gasteiger partial charge is 0.459 e. The molecule has 0 unspecified atom stereocenters. The fourth-order valence-corrected chi connectivity index (χ4v) is 6.12. The summed E-state index contributed by atoms with van der Waals surface area (Å²) in [6.45, 7) is 6.44. The number of piperidine rings is 1. The summed E-state index contributed by atoms with van der Waals surface area (Å²) in [6, 6.07) is 17.7. The van der Waals surface area contributed by atoms with Gasteiger partial charge in [0.2, 0.25) is 16.0 Å². The van der Waals surface area contributed by atoms with E-state index in [2.05, 4.69) is 35.2 Å². The molecule has 4 aromatic rings. The molecule has 0 bridgehead atoms. The summed E-state index contributed by atoms with van der Waals surface area (Å²) in [5, 5.41) is 6.15. The van der Waals surface area contributed by atoms with E-state index in [4.69, 9.17) is 4.74 Å². The number of aromatic nitrogens is 3. The van der Waals surface area contributed by atoms with Crippen molar-refractivity contribution in [2.75, 3.05) is 29.9 Å². The third-order valence-corrected chi connectivity index (χ3v) is 8.58. The summed E-state index contributed by atoms with van der Waals surface area (Å²) in [4.78, 5) is 40.2. The zero-order chi connectivity index (χ0) is 31.3. The number of imidazole rings is 1. The van der Waals surface area contributed by atoms with Gasteiger partial charge in [0.05, 0.1) is 10.4 Å². The van der Waals surface area contributed by atoms with Gasteiger partial charge in [-0.1, -0.05) is 18.2 Å². The van der Waals surface area contributed by atoms with Gasteiger partial charge in [0.1, 0.15) is 11.6 Å². The number of aromatic amines is 1. The zero-order valence-corrected chi connectivity index (χ0v) is 25.7. The van der Waals surface area contributed by atoms with Crippen molar-refractivity contribution in [2.24, 2.45) is 0 Å². The lowest BCUT2D eigenvalue weighted by atomic mass is 10.0. The van der Waals surface area contributed by atoms with Crippen LogP contribution in [0.5, 0.6) is 0 Å². The van der Waals surface area contributed by atoms with Crippen molar-refractivity contribution in [2.45, 2.75) is 56.2 Å². The van der Waals surface area contributed by atoms with Gasteiger partial charge in [-0.25, -0.2) is 13.4 Å². The van der Waals surface area contributed by atoms with Crippen LogP contribution >= 0.6 is 0 Å². The van der Waals surface area contributed by atoms with E-state index in [0.29, 0.717) is 17.2 Å². The average Bonchev–Trinajstić information content (AvgIpc) is 3.41. The first kappa shape index (κ1) is 31.0. The van der Waals surface area contributed by atoms with Crippen molar-refractivity contribution in [3.05, 3.63) is 78.5 Å². The fraction of sp³-hybridized carbons (Fsp3) is 0.355. The molecule has 0 aliphatic carbocycles. The van der Waals surface area contributed by atoms with Gasteiger partial charge in [-0.3, -0.25) is 9.59 Å². The molecule has 13 heteroatoms. The molecule has 1 aliphatic heterocycles. The van der Waals surface area contributed by atoms with Gasteiger partial charge in [0, 0.05) is 43.1 Å². The number of amides is 1. The molecule has 2 aromatic carbocycles. The molecule has 232 valence electrons. The lowest BCUT2D eigenvalue weighted by Gasteiger charge is -2.34. The number of sulfonamides is 1. The topological polar surface area (TPSA) is 158 Å². The Balaban J connectivity index is 1.16. The van der Waals surface area contributed by atoms with Crippen molar-refractivity contribution < 1.29 is 22.7 Å².